The summed E-state index contributed by atoms with van der Waals surface area (Å²) >= 11 is 3.31. The highest BCUT2D eigenvalue weighted by molar-refractivity contribution is 9.10. The van der Waals surface area contributed by atoms with Gasteiger partial charge in [0, 0.05) is 22.4 Å². The molecule has 1 aromatic heterocycles. The molecule has 0 radical (unpaired) electrons. The summed E-state index contributed by atoms with van der Waals surface area (Å²) in [6, 6.07) is 5.74. The third-order valence-corrected chi connectivity index (χ3v) is 4.89. The number of hydrogen-bond donors (Lipinski definition) is 1. The fourth-order valence-electron chi connectivity index (χ4n) is 3.17. The van der Waals surface area contributed by atoms with Crippen molar-refractivity contribution in [2.75, 3.05) is 6.54 Å². The number of nitrogens with zero attached hydrogens (tertiary/aromatic N) is 3. The molecule has 0 fully saturated rings. The number of rotatable bonds is 7. The van der Waals surface area contributed by atoms with Gasteiger partial charge < -0.3 is 10.6 Å². The van der Waals surface area contributed by atoms with Crippen LogP contribution in [-0.4, -0.2) is 34.6 Å². The molecule has 0 saturated carbocycles. The Labute approximate surface area is 181 Å². The number of nitrogens with two attached hydrogens (primary N) is 1. The van der Waals surface area contributed by atoms with Crippen molar-refractivity contribution in [3.63, 3.8) is 0 Å². The minimum atomic E-state index is -4.77. The summed E-state index contributed by atoms with van der Waals surface area (Å²) in [5.74, 6) is -0.872. The van der Waals surface area contributed by atoms with E-state index in [4.69, 9.17) is 11.0 Å². The van der Waals surface area contributed by atoms with Crippen molar-refractivity contribution in [3.8, 4) is 17.2 Å². The number of halogens is 4. The maximum atomic E-state index is 14.0. The van der Waals surface area contributed by atoms with Crippen LogP contribution in [0.3, 0.4) is 0 Å². The van der Waals surface area contributed by atoms with Gasteiger partial charge in [-0.3, -0.25) is 9.78 Å². The molecular weight excluding hydrogens is 461 g/mol. The summed E-state index contributed by atoms with van der Waals surface area (Å²) < 4.78 is 42.7. The summed E-state index contributed by atoms with van der Waals surface area (Å²) in [4.78, 5) is 17.3. The molecule has 2 atom stereocenters. The zero-order valence-corrected chi connectivity index (χ0v) is 18.1. The normalized spacial score (nSPS) is 13.6. The minimum absolute atomic E-state index is 0.0234. The molecule has 0 unspecified atom stereocenters. The summed E-state index contributed by atoms with van der Waals surface area (Å²) in [6.45, 7) is 2.92. The highest BCUT2D eigenvalue weighted by Crippen LogP contribution is 2.39. The lowest BCUT2D eigenvalue weighted by Gasteiger charge is -2.33. The lowest BCUT2D eigenvalue weighted by Crippen LogP contribution is -2.49. The molecule has 0 spiro atoms. The number of carbonyl (C=O) groups excluding carboxylic acids is 1. The molecule has 0 aliphatic heterocycles. The van der Waals surface area contributed by atoms with Gasteiger partial charge in [-0.2, -0.15) is 18.4 Å². The number of nitriles is 1. The Morgan fingerprint density at radius 1 is 1.23 bits per heavy atom. The number of alkyl halides is 3. The maximum Gasteiger partial charge on any atom is 0.413 e. The van der Waals surface area contributed by atoms with E-state index in [2.05, 4.69) is 20.9 Å². The van der Waals surface area contributed by atoms with Crippen molar-refractivity contribution in [3.05, 3.63) is 52.8 Å². The Morgan fingerprint density at radius 2 is 1.87 bits per heavy atom. The van der Waals surface area contributed by atoms with Crippen molar-refractivity contribution in [1.29, 1.82) is 5.26 Å². The van der Waals surface area contributed by atoms with E-state index in [1.807, 2.05) is 13.8 Å². The van der Waals surface area contributed by atoms with Crippen molar-refractivity contribution in [2.24, 2.45) is 11.7 Å². The van der Waals surface area contributed by atoms with Crippen molar-refractivity contribution in [1.82, 2.24) is 9.88 Å². The van der Waals surface area contributed by atoms with Crippen LogP contribution in [0.25, 0.3) is 11.1 Å². The first-order chi connectivity index (χ1) is 14.0. The Kier molecular flexibility index (Phi) is 7.98. The molecule has 2 aromatic rings. The van der Waals surface area contributed by atoms with Crippen LogP contribution in [0, 0.1) is 17.2 Å². The smallest absolute Gasteiger partial charge is 0.320 e. The van der Waals surface area contributed by atoms with Crippen molar-refractivity contribution in [2.45, 2.75) is 38.5 Å². The number of hydrogen-bond acceptors (Lipinski definition) is 4. The Bertz CT molecular complexity index is 910. The van der Waals surface area contributed by atoms with E-state index in [-0.39, 0.29) is 17.9 Å². The Morgan fingerprint density at radius 3 is 2.37 bits per heavy atom. The standard InChI is InChI=1S/C21H22BrF3N4O/c1-13(2)9-18(27)20(30)29(8-7-26)19(21(23,24)25)15-5-3-14(4-6-15)16-10-17(22)12-28-11-16/h3-6,10-13,18-19H,8-9,27H2,1-2H3/t18-,19-/m0/s1. The molecule has 0 bridgehead atoms. The van der Waals surface area contributed by atoms with Crippen LogP contribution in [0.4, 0.5) is 13.2 Å². The molecular formula is C21H22BrF3N4O. The predicted molar refractivity (Wildman–Crippen MR) is 111 cm³/mol. The van der Waals surface area contributed by atoms with Crippen LogP contribution in [0.1, 0.15) is 31.9 Å². The van der Waals surface area contributed by atoms with Gasteiger partial charge in [0.05, 0.1) is 12.1 Å². The Hall–Kier alpha value is -2.44. The van der Waals surface area contributed by atoms with Crippen LogP contribution < -0.4 is 5.73 Å². The Balaban J connectivity index is 2.42. The van der Waals surface area contributed by atoms with Gasteiger partial charge in [-0.05, 0) is 45.5 Å². The van der Waals surface area contributed by atoms with Gasteiger partial charge in [-0.15, -0.1) is 0 Å². The van der Waals surface area contributed by atoms with Crippen LogP contribution >= 0.6 is 15.9 Å². The zero-order valence-electron chi connectivity index (χ0n) is 16.5. The lowest BCUT2D eigenvalue weighted by atomic mass is 9.98. The molecule has 1 amide bonds. The maximum absolute atomic E-state index is 14.0. The van der Waals surface area contributed by atoms with Gasteiger partial charge in [0.25, 0.3) is 0 Å². The van der Waals surface area contributed by atoms with Crippen LogP contribution in [0.5, 0.6) is 0 Å². The van der Waals surface area contributed by atoms with Crippen LogP contribution in [0.2, 0.25) is 0 Å². The van der Waals surface area contributed by atoms with Gasteiger partial charge in [0.15, 0.2) is 6.04 Å². The summed E-state index contributed by atoms with van der Waals surface area (Å²) in [6.07, 6.45) is -1.36. The molecule has 0 saturated heterocycles. The predicted octanol–water partition coefficient (Wildman–Crippen LogP) is 4.84. The van der Waals surface area contributed by atoms with E-state index in [1.54, 1.807) is 24.5 Å². The van der Waals surface area contributed by atoms with Gasteiger partial charge in [-0.1, -0.05) is 38.1 Å². The number of carbonyl (C=O) groups is 1. The van der Waals surface area contributed by atoms with E-state index in [0.29, 0.717) is 10.5 Å². The van der Waals surface area contributed by atoms with Gasteiger partial charge >= 0.3 is 6.18 Å². The van der Waals surface area contributed by atoms with Gasteiger partial charge in [-0.25, -0.2) is 0 Å². The molecule has 2 rings (SSSR count). The first-order valence-corrected chi connectivity index (χ1v) is 10.0. The molecule has 30 heavy (non-hydrogen) atoms. The van der Waals surface area contributed by atoms with Crippen LogP contribution in [-0.2, 0) is 4.79 Å². The fourth-order valence-corrected chi connectivity index (χ4v) is 3.53. The molecule has 9 heteroatoms. The molecule has 5 nitrogen and oxygen atoms in total. The van der Waals surface area contributed by atoms with Gasteiger partial charge in [0.1, 0.15) is 6.54 Å². The molecule has 1 heterocycles. The average molecular weight is 483 g/mol. The van der Waals surface area contributed by atoms with E-state index in [1.165, 1.54) is 24.3 Å². The van der Waals surface area contributed by atoms with E-state index in [0.717, 1.165) is 10.0 Å². The number of amides is 1. The highest BCUT2D eigenvalue weighted by atomic mass is 79.9. The zero-order chi connectivity index (χ0) is 22.5. The van der Waals surface area contributed by atoms with E-state index < -0.39 is 30.7 Å². The molecule has 160 valence electrons. The average Bonchev–Trinajstić information content (AvgIpc) is 2.66. The topological polar surface area (TPSA) is 83.0 Å². The SMILES string of the molecule is CC(C)C[C@H](N)C(=O)N(CC#N)[C@@H](c1ccc(-c2cncc(Br)c2)cc1)C(F)(F)F. The summed E-state index contributed by atoms with van der Waals surface area (Å²) in [5, 5.41) is 9.07. The summed E-state index contributed by atoms with van der Waals surface area (Å²) in [7, 11) is 0. The molecule has 0 aliphatic rings. The van der Waals surface area contributed by atoms with Crippen molar-refractivity contribution < 1.29 is 18.0 Å². The number of aromatic nitrogens is 1. The molecule has 2 N–H and O–H groups in total. The highest BCUT2D eigenvalue weighted by Gasteiger charge is 2.47. The second kappa shape index (κ2) is 10.0. The quantitative estimate of drug-likeness (QED) is 0.572. The second-order valence-corrected chi connectivity index (χ2v) is 8.23. The van der Waals surface area contributed by atoms with Gasteiger partial charge in [0.2, 0.25) is 5.91 Å². The largest absolute Gasteiger partial charge is 0.413 e. The van der Waals surface area contributed by atoms with Crippen LogP contribution in [0.15, 0.2) is 47.2 Å². The second-order valence-electron chi connectivity index (χ2n) is 7.32. The number of benzene rings is 1. The van der Waals surface area contributed by atoms with E-state index in [9.17, 15) is 18.0 Å². The lowest BCUT2D eigenvalue weighted by molar-refractivity contribution is -0.191. The van der Waals surface area contributed by atoms with E-state index >= 15 is 0 Å². The molecule has 1 aromatic carbocycles. The summed E-state index contributed by atoms with van der Waals surface area (Å²) in [5.41, 5.74) is 7.09. The van der Waals surface area contributed by atoms with Crippen molar-refractivity contribution >= 4 is 21.8 Å². The fraction of sp³-hybridized carbons (Fsp3) is 0.381. The third kappa shape index (κ3) is 6.03. The first kappa shape index (κ1) is 23.8. The number of pyridine rings is 1. The third-order valence-electron chi connectivity index (χ3n) is 4.45. The first-order valence-electron chi connectivity index (χ1n) is 9.25. The minimum Gasteiger partial charge on any atom is -0.320 e. The molecule has 0 aliphatic carbocycles. The monoisotopic (exact) mass is 482 g/mol.